The van der Waals surface area contributed by atoms with E-state index in [9.17, 15) is 4.79 Å². The first-order valence-electron chi connectivity index (χ1n) is 9.19. The van der Waals surface area contributed by atoms with Crippen LogP contribution >= 0.6 is 0 Å². The largest absolute Gasteiger partial charge is 0.368 e. The third-order valence-corrected chi connectivity index (χ3v) is 5.04. The highest BCUT2D eigenvalue weighted by Crippen LogP contribution is 2.23. The Hall–Kier alpha value is -2.93. The van der Waals surface area contributed by atoms with Gasteiger partial charge >= 0.3 is 0 Å². The minimum Gasteiger partial charge on any atom is -0.368 e. The molecule has 0 unspecified atom stereocenters. The maximum absolute atomic E-state index is 11.8. The summed E-state index contributed by atoms with van der Waals surface area (Å²) in [6, 6.07) is 12.0. The molecule has 7 nitrogen and oxygen atoms in total. The molecule has 140 valence electrons. The van der Waals surface area contributed by atoms with E-state index in [0.717, 1.165) is 49.7 Å². The Balaban J connectivity index is 1.44. The van der Waals surface area contributed by atoms with Crippen LogP contribution in [-0.2, 0) is 20.6 Å². The van der Waals surface area contributed by atoms with Gasteiger partial charge in [0.15, 0.2) is 0 Å². The zero-order valence-electron chi connectivity index (χ0n) is 15.7. The number of anilines is 1. The molecule has 0 amide bonds. The normalized spacial score (nSPS) is 15.3. The van der Waals surface area contributed by atoms with E-state index < -0.39 is 0 Å². The summed E-state index contributed by atoms with van der Waals surface area (Å²) in [5.41, 5.74) is 4.28. The lowest BCUT2D eigenvalue weighted by molar-refractivity contribution is 0.250. The van der Waals surface area contributed by atoms with Crippen LogP contribution in [0.1, 0.15) is 5.56 Å². The van der Waals surface area contributed by atoms with Crippen molar-refractivity contribution in [2.75, 3.05) is 31.1 Å². The first-order valence-corrected chi connectivity index (χ1v) is 9.19. The Labute approximate surface area is 158 Å². The van der Waals surface area contributed by atoms with E-state index in [2.05, 4.69) is 38.3 Å². The minimum absolute atomic E-state index is 0.0715. The predicted octanol–water partition coefficient (Wildman–Crippen LogP) is 1.50. The number of aromatic nitrogens is 4. The van der Waals surface area contributed by atoms with E-state index in [0.29, 0.717) is 0 Å². The molecule has 1 aliphatic heterocycles. The molecule has 3 heterocycles. The number of nitrogens with zero attached hydrogens (tertiary/aromatic N) is 6. The molecule has 0 bridgehead atoms. The van der Waals surface area contributed by atoms with E-state index in [1.165, 1.54) is 10.2 Å². The quantitative estimate of drug-likeness (QED) is 0.702. The molecule has 0 radical (unpaired) electrons. The zero-order valence-corrected chi connectivity index (χ0v) is 15.7. The van der Waals surface area contributed by atoms with Crippen molar-refractivity contribution in [2.24, 2.45) is 14.1 Å². The van der Waals surface area contributed by atoms with E-state index in [-0.39, 0.29) is 5.56 Å². The first-order chi connectivity index (χ1) is 13.1. The van der Waals surface area contributed by atoms with Crippen LogP contribution in [0.5, 0.6) is 0 Å². The van der Waals surface area contributed by atoms with Crippen LogP contribution in [0.2, 0.25) is 0 Å². The fourth-order valence-electron chi connectivity index (χ4n) is 3.53. The van der Waals surface area contributed by atoms with Gasteiger partial charge in [0.25, 0.3) is 5.56 Å². The molecule has 3 aromatic rings. The number of hydrogen-bond donors (Lipinski definition) is 0. The molecular weight excluding hydrogens is 340 g/mol. The van der Waals surface area contributed by atoms with Crippen molar-refractivity contribution in [1.29, 1.82) is 0 Å². The summed E-state index contributed by atoms with van der Waals surface area (Å²) in [4.78, 5) is 16.5. The van der Waals surface area contributed by atoms with Gasteiger partial charge in [0, 0.05) is 70.2 Å². The molecule has 0 N–H and O–H groups in total. The molecule has 27 heavy (non-hydrogen) atoms. The highest BCUT2D eigenvalue weighted by atomic mass is 16.1. The summed E-state index contributed by atoms with van der Waals surface area (Å²) >= 11 is 0. The highest BCUT2D eigenvalue weighted by molar-refractivity contribution is 5.62. The van der Waals surface area contributed by atoms with Gasteiger partial charge in [0.1, 0.15) is 0 Å². The monoisotopic (exact) mass is 364 g/mol. The molecule has 7 heteroatoms. The number of hydrogen-bond acceptors (Lipinski definition) is 5. The molecule has 1 fully saturated rings. The Morgan fingerprint density at radius 2 is 1.78 bits per heavy atom. The Bertz CT molecular complexity index is 970. The second-order valence-electron chi connectivity index (χ2n) is 6.98. The average molecular weight is 364 g/mol. The summed E-state index contributed by atoms with van der Waals surface area (Å²) in [6.45, 7) is 4.53. The standard InChI is InChI=1S/C20H24N6O/c1-23-14-17(20(22-23)16-6-4-3-5-7-16)15-25-8-10-26(11-9-25)18-12-19(27)24(2)21-13-18/h3-7,12-14H,8-11,15H2,1-2H3. The fraction of sp³-hybridized carbons (Fsp3) is 0.350. The van der Waals surface area contributed by atoms with Crippen LogP contribution in [0.3, 0.4) is 0 Å². The van der Waals surface area contributed by atoms with Gasteiger partial charge in [-0.2, -0.15) is 10.2 Å². The van der Waals surface area contributed by atoms with Crippen molar-refractivity contribution in [3.8, 4) is 11.3 Å². The summed E-state index contributed by atoms with van der Waals surface area (Å²) in [7, 11) is 3.64. The van der Waals surface area contributed by atoms with Gasteiger partial charge in [-0.3, -0.25) is 14.4 Å². The number of piperazine rings is 1. The van der Waals surface area contributed by atoms with Gasteiger partial charge in [-0.1, -0.05) is 30.3 Å². The average Bonchev–Trinajstić information content (AvgIpc) is 3.05. The number of benzene rings is 1. The van der Waals surface area contributed by atoms with Crippen LogP contribution in [0, 0.1) is 0 Å². The molecule has 2 aromatic heterocycles. The summed E-state index contributed by atoms with van der Waals surface area (Å²) in [5, 5.41) is 8.79. The molecule has 0 saturated carbocycles. The van der Waals surface area contributed by atoms with Gasteiger partial charge in [-0.25, -0.2) is 4.68 Å². The van der Waals surface area contributed by atoms with Crippen LogP contribution < -0.4 is 10.5 Å². The molecular formula is C20H24N6O. The third-order valence-electron chi connectivity index (χ3n) is 5.04. The predicted molar refractivity (Wildman–Crippen MR) is 106 cm³/mol. The summed E-state index contributed by atoms with van der Waals surface area (Å²) in [6.07, 6.45) is 3.88. The summed E-state index contributed by atoms with van der Waals surface area (Å²) in [5.74, 6) is 0. The van der Waals surface area contributed by atoms with Crippen molar-refractivity contribution >= 4 is 5.69 Å². The van der Waals surface area contributed by atoms with Gasteiger partial charge in [-0.05, 0) is 0 Å². The lowest BCUT2D eigenvalue weighted by atomic mass is 10.1. The number of aryl methyl sites for hydroxylation is 2. The third kappa shape index (κ3) is 3.78. The van der Waals surface area contributed by atoms with E-state index in [1.807, 2.05) is 29.9 Å². The van der Waals surface area contributed by atoms with Crippen LogP contribution in [0.15, 0.2) is 53.6 Å². The van der Waals surface area contributed by atoms with E-state index in [1.54, 1.807) is 19.3 Å². The van der Waals surface area contributed by atoms with Crippen LogP contribution in [0.25, 0.3) is 11.3 Å². The van der Waals surface area contributed by atoms with E-state index in [4.69, 9.17) is 0 Å². The molecule has 4 rings (SSSR count). The molecule has 1 aromatic carbocycles. The van der Waals surface area contributed by atoms with Crippen LogP contribution in [-0.4, -0.2) is 50.6 Å². The molecule has 1 aliphatic rings. The minimum atomic E-state index is -0.0715. The van der Waals surface area contributed by atoms with Gasteiger partial charge < -0.3 is 4.90 Å². The first kappa shape index (κ1) is 17.5. The lowest BCUT2D eigenvalue weighted by Gasteiger charge is -2.35. The molecule has 0 spiro atoms. The Morgan fingerprint density at radius 1 is 1.04 bits per heavy atom. The SMILES string of the molecule is Cn1cc(CN2CCN(c3cnn(C)c(=O)c3)CC2)c(-c2ccccc2)n1. The maximum atomic E-state index is 11.8. The van der Waals surface area contributed by atoms with Crippen molar-refractivity contribution in [2.45, 2.75) is 6.54 Å². The second-order valence-corrected chi connectivity index (χ2v) is 6.98. The topological polar surface area (TPSA) is 59.2 Å². The van der Waals surface area contributed by atoms with Crippen molar-refractivity contribution in [3.63, 3.8) is 0 Å². The highest BCUT2D eigenvalue weighted by Gasteiger charge is 2.20. The van der Waals surface area contributed by atoms with Gasteiger partial charge in [0.05, 0.1) is 17.6 Å². The van der Waals surface area contributed by atoms with Gasteiger partial charge in [-0.15, -0.1) is 0 Å². The Morgan fingerprint density at radius 3 is 2.48 bits per heavy atom. The lowest BCUT2D eigenvalue weighted by Crippen LogP contribution is -2.46. The smallest absolute Gasteiger partial charge is 0.268 e. The second kappa shape index (κ2) is 7.36. The van der Waals surface area contributed by atoms with Crippen molar-refractivity contribution in [1.82, 2.24) is 24.5 Å². The Kier molecular flexibility index (Phi) is 4.77. The summed E-state index contributed by atoms with van der Waals surface area (Å²) < 4.78 is 3.24. The van der Waals surface area contributed by atoms with E-state index >= 15 is 0 Å². The van der Waals surface area contributed by atoms with Crippen molar-refractivity contribution < 1.29 is 0 Å². The fourth-order valence-corrected chi connectivity index (χ4v) is 3.53. The molecule has 0 atom stereocenters. The van der Waals surface area contributed by atoms with Crippen molar-refractivity contribution in [3.05, 3.63) is 64.7 Å². The van der Waals surface area contributed by atoms with Crippen LogP contribution in [0.4, 0.5) is 5.69 Å². The maximum Gasteiger partial charge on any atom is 0.268 e. The molecule has 1 saturated heterocycles. The van der Waals surface area contributed by atoms with Gasteiger partial charge in [0.2, 0.25) is 0 Å². The molecule has 0 aliphatic carbocycles. The zero-order chi connectivity index (χ0) is 18.8. The number of rotatable bonds is 4.